The molecule has 1 amide bonds. The highest BCUT2D eigenvalue weighted by molar-refractivity contribution is 5.79. The number of anilines is 1. The molecule has 1 N–H and O–H groups in total. The highest BCUT2D eigenvalue weighted by Gasteiger charge is 2.16. The molecule has 0 radical (unpaired) electrons. The quantitative estimate of drug-likeness (QED) is 0.815. The Bertz CT molecular complexity index is 773. The first-order valence-corrected chi connectivity index (χ1v) is 9.93. The SMILES string of the molecule is Cc1nn(CC(C)C)c(C)c1CC(=O)NCc1ccc(N2CCCC2)nc1. The zero-order valence-corrected chi connectivity index (χ0v) is 17.0. The molecule has 6 nitrogen and oxygen atoms in total. The van der Waals surface area contributed by atoms with Crippen molar-refractivity contribution >= 4 is 11.7 Å². The lowest BCUT2D eigenvalue weighted by Crippen LogP contribution is -2.25. The zero-order valence-electron chi connectivity index (χ0n) is 17.0. The molecule has 146 valence electrons. The Morgan fingerprint density at radius 1 is 1.22 bits per heavy atom. The highest BCUT2D eigenvalue weighted by atomic mass is 16.1. The van der Waals surface area contributed by atoms with Gasteiger partial charge < -0.3 is 10.2 Å². The second-order valence-electron chi connectivity index (χ2n) is 7.90. The minimum atomic E-state index is 0.0221. The second kappa shape index (κ2) is 8.55. The van der Waals surface area contributed by atoms with Crippen molar-refractivity contribution in [1.82, 2.24) is 20.1 Å². The number of carbonyl (C=O) groups excluding carboxylic acids is 1. The first kappa shape index (κ1) is 19.4. The molecule has 0 atom stereocenters. The maximum absolute atomic E-state index is 12.4. The van der Waals surface area contributed by atoms with Gasteiger partial charge in [-0.3, -0.25) is 9.48 Å². The van der Waals surface area contributed by atoms with Crippen LogP contribution in [0.2, 0.25) is 0 Å². The van der Waals surface area contributed by atoms with Gasteiger partial charge in [0.15, 0.2) is 0 Å². The molecule has 0 unspecified atom stereocenters. The van der Waals surface area contributed by atoms with Gasteiger partial charge in [-0.1, -0.05) is 19.9 Å². The number of amides is 1. The van der Waals surface area contributed by atoms with Crippen LogP contribution in [0.1, 0.15) is 49.2 Å². The zero-order chi connectivity index (χ0) is 19.4. The minimum absolute atomic E-state index is 0.0221. The second-order valence-corrected chi connectivity index (χ2v) is 7.90. The monoisotopic (exact) mass is 369 g/mol. The lowest BCUT2D eigenvalue weighted by atomic mass is 10.1. The third kappa shape index (κ3) is 4.87. The number of aromatic nitrogens is 3. The molecule has 1 fully saturated rings. The van der Waals surface area contributed by atoms with E-state index in [2.05, 4.69) is 46.3 Å². The minimum Gasteiger partial charge on any atom is -0.357 e. The van der Waals surface area contributed by atoms with E-state index < -0.39 is 0 Å². The summed E-state index contributed by atoms with van der Waals surface area (Å²) in [6.45, 7) is 11.9. The predicted molar refractivity (Wildman–Crippen MR) is 108 cm³/mol. The fourth-order valence-corrected chi connectivity index (χ4v) is 3.59. The van der Waals surface area contributed by atoms with Crippen LogP contribution in [0.3, 0.4) is 0 Å². The molecule has 0 saturated carbocycles. The van der Waals surface area contributed by atoms with Crippen LogP contribution in [-0.4, -0.2) is 33.8 Å². The molecule has 6 heteroatoms. The van der Waals surface area contributed by atoms with E-state index in [9.17, 15) is 4.79 Å². The summed E-state index contributed by atoms with van der Waals surface area (Å²) in [4.78, 5) is 19.3. The Morgan fingerprint density at radius 3 is 2.59 bits per heavy atom. The molecule has 3 rings (SSSR count). The van der Waals surface area contributed by atoms with Crippen LogP contribution in [0.15, 0.2) is 18.3 Å². The van der Waals surface area contributed by atoms with Crippen molar-refractivity contribution in [2.45, 2.75) is 60.0 Å². The third-order valence-corrected chi connectivity index (χ3v) is 5.14. The van der Waals surface area contributed by atoms with Crippen molar-refractivity contribution in [3.63, 3.8) is 0 Å². The summed E-state index contributed by atoms with van der Waals surface area (Å²) in [5.74, 6) is 1.58. The number of hydrogen-bond acceptors (Lipinski definition) is 4. The van der Waals surface area contributed by atoms with Gasteiger partial charge in [0, 0.05) is 43.6 Å². The van der Waals surface area contributed by atoms with Crippen LogP contribution in [0, 0.1) is 19.8 Å². The maximum atomic E-state index is 12.4. The van der Waals surface area contributed by atoms with E-state index in [1.165, 1.54) is 12.8 Å². The van der Waals surface area contributed by atoms with Crippen LogP contribution >= 0.6 is 0 Å². The first-order chi connectivity index (χ1) is 12.9. The lowest BCUT2D eigenvalue weighted by molar-refractivity contribution is -0.120. The van der Waals surface area contributed by atoms with Gasteiger partial charge in [0.2, 0.25) is 5.91 Å². The normalized spacial score (nSPS) is 14.2. The largest absolute Gasteiger partial charge is 0.357 e. The first-order valence-electron chi connectivity index (χ1n) is 9.93. The third-order valence-electron chi connectivity index (χ3n) is 5.14. The smallest absolute Gasteiger partial charge is 0.224 e. The van der Waals surface area contributed by atoms with E-state index in [1.54, 1.807) is 0 Å². The number of pyridine rings is 1. The summed E-state index contributed by atoms with van der Waals surface area (Å²) in [6.07, 6.45) is 4.72. The topological polar surface area (TPSA) is 63.1 Å². The number of hydrogen-bond donors (Lipinski definition) is 1. The van der Waals surface area contributed by atoms with Crippen LogP contribution in [0.25, 0.3) is 0 Å². The van der Waals surface area contributed by atoms with E-state index in [4.69, 9.17) is 0 Å². The molecule has 0 aromatic carbocycles. The molecule has 2 aromatic heterocycles. The Morgan fingerprint density at radius 2 is 1.96 bits per heavy atom. The standard InChI is InChI=1S/C21H31N5O/c1-15(2)14-26-17(4)19(16(3)24-26)11-21(27)23-13-18-7-8-20(22-12-18)25-9-5-6-10-25/h7-8,12,15H,5-6,9-11,13-14H2,1-4H3,(H,23,27). The maximum Gasteiger partial charge on any atom is 0.224 e. The summed E-state index contributed by atoms with van der Waals surface area (Å²) < 4.78 is 2.02. The van der Waals surface area contributed by atoms with Crippen molar-refractivity contribution in [2.75, 3.05) is 18.0 Å². The summed E-state index contributed by atoms with van der Waals surface area (Å²) >= 11 is 0. The Labute approximate surface area is 162 Å². The van der Waals surface area contributed by atoms with E-state index in [0.717, 1.165) is 48.0 Å². The van der Waals surface area contributed by atoms with Crippen molar-refractivity contribution in [3.05, 3.63) is 40.8 Å². The summed E-state index contributed by atoms with van der Waals surface area (Å²) in [6, 6.07) is 4.11. The van der Waals surface area contributed by atoms with Crippen LogP contribution in [0.5, 0.6) is 0 Å². The number of nitrogens with one attached hydrogen (secondary N) is 1. The molecule has 1 aliphatic heterocycles. The average Bonchev–Trinajstić information content (AvgIpc) is 3.25. The van der Waals surface area contributed by atoms with Gasteiger partial charge in [0.25, 0.3) is 0 Å². The van der Waals surface area contributed by atoms with Crippen molar-refractivity contribution < 1.29 is 4.79 Å². The van der Waals surface area contributed by atoms with E-state index in [-0.39, 0.29) is 5.91 Å². The van der Waals surface area contributed by atoms with Gasteiger partial charge in [-0.05, 0) is 44.2 Å². The van der Waals surface area contributed by atoms with E-state index in [1.807, 2.05) is 24.7 Å². The van der Waals surface area contributed by atoms with Gasteiger partial charge in [0.05, 0.1) is 12.1 Å². The van der Waals surface area contributed by atoms with Crippen LogP contribution in [0.4, 0.5) is 5.82 Å². The summed E-state index contributed by atoms with van der Waals surface area (Å²) in [5, 5.41) is 7.60. The molecule has 1 saturated heterocycles. The van der Waals surface area contributed by atoms with Gasteiger partial charge in [0.1, 0.15) is 5.82 Å². The molecule has 0 bridgehead atoms. The number of carbonyl (C=O) groups is 1. The van der Waals surface area contributed by atoms with Gasteiger partial charge in [-0.25, -0.2) is 4.98 Å². The number of rotatable bonds is 7. The van der Waals surface area contributed by atoms with Crippen molar-refractivity contribution in [3.8, 4) is 0 Å². The van der Waals surface area contributed by atoms with E-state index in [0.29, 0.717) is 18.9 Å². The van der Waals surface area contributed by atoms with Crippen molar-refractivity contribution in [1.29, 1.82) is 0 Å². The Kier molecular flexibility index (Phi) is 6.14. The number of nitrogens with zero attached hydrogens (tertiary/aromatic N) is 4. The fourth-order valence-electron chi connectivity index (χ4n) is 3.59. The molecule has 3 heterocycles. The van der Waals surface area contributed by atoms with Gasteiger partial charge in [-0.2, -0.15) is 5.10 Å². The molecule has 0 aliphatic carbocycles. The molecule has 1 aliphatic rings. The Balaban J connectivity index is 1.54. The van der Waals surface area contributed by atoms with E-state index >= 15 is 0 Å². The van der Waals surface area contributed by atoms with Crippen molar-refractivity contribution in [2.24, 2.45) is 5.92 Å². The van der Waals surface area contributed by atoms with Gasteiger partial charge >= 0.3 is 0 Å². The molecule has 2 aromatic rings. The highest BCUT2D eigenvalue weighted by Crippen LogP contribution is 2.18. The molecule has 0 spiro atoms. The van der Waals surface area contributed by atoms with Gasteiger partial charge in [-0.15, -0.1) is 0 Å². The average molecular weight is 370 g/mol. The number of aryl methyl sites for hydroxylation is 1. The Hall–Kier alpha value is -2.37. The predicted octanol–water partition coefficient (Wildman–Crippen LogP) is 3.01. The van der Waals surface area contributed by atoms with Crippen LogP contribution in [-0.2, 0) is 24.3 Å². The molecular weight excluding hydrogens is 338 g/mol. The summed E-state index contributed by atoms with van der Waals surface area (Å²) in [7, 11) is 0. The molecule has 27 heavy (non-hydrogen) atoms. The lowest BCUT2D eigenvalue weighted by Gasteiger charge is -2.16. The van der Waals surface area contributed by atoms with Crippen LogP contribution < -0.4 is 10.2 Å². The fraction of sp³-hybridized carbons (Fsp3) is 0.571. The molecular formula is C21H31N5O. The summed E-state index contributed by atoms with van der Waals surface area (Å²) in [5.41, 5.74) is 4.10.